The Morgan fingerprint density at radius 3 is 2.93 bits per heavy atom. The molecular formula is C9H6Br2N2OS. The zero-order valence-corrected chi connectivity index (χ0v) is 11.5. The third-order valence-electron chi connectivity index (χ3n) is 1.85. The van der Waals surface area contributed by atoms with Crippen molar-refractivity contribution < 1.29 is 0 Å². The van der Waals surface area contributed by atoms with Crippen molar-refractivity contribution in [2.45, 2.75) is 6.54 Å². The van der Waals surface area contributed by atoms with Gasteiger partial charge in [0.2, 0.25) is 0 Å². The van der Waals surface area contributed by atoms with Crippen LogP contribution in [-0.4, -0.2) is 9.78 Å². The molecule has 6 heteroatoms. The summed E-state index contributed by atoms with van der Waals surface area (Å²) in [6.07, 6.45) is 1.61. The number of aromatic nitrogens is 2. The molecule has 0 radical (unpaired) electrons. The van der Waals surface area contributed by atoms with Gasteiger partial charge in [0.25, 0.3) is 5.56 Å². The lowest BCUT2D eigenvalue weighted by atomic mass is 10.3. The molecule has 0 aliphatic heterocycles. The number of hydrogen-bond acceptors (Lipinski definition) is 3. The summed E-state index contributed by atoms with van der Waals surface area (Å²) in [5.74, 6) is 0. The molecule has 0 atom stereocenters. The summed E-state index contributed by atoms with van der Waals surface area (Å²) in [4.78, 5) is 11.7. The lowest BCUT2D eigenvalue weighted by Gasteiger charge is -2.03. The molecule has 0 spiro atoms. The van der Waals surface area contributed by atoms with E-state index < -0.39 is 0 Å². The van der Waals surface area contributed by atoms with Crippen molar-refractivity contribution in [2.24, 2.45) is 0 Å². The van der Waals surface area contributed by atoms with E-state index in [9.17, 15) is 4.79 Å². The fraction of sp³-hybridized carbons (Fsp3) is 0.111. The summed E-state index contributed by atoms with van der Waals surface area (Å²) in [5.41, 5.74) is 0.958. The average molecular weight is 350 g/mol. The smallest absolute Gasteiger partial charge is 0.266 e. The first-order valence-electron chi connectivity index (χ1n) is 4.10. The van der Waals surface area contributed by atoms with E-state index in [-0.39, 0.29) is 5.56 Å². The van der Waals surface area contributed by atoms with E-state index in [1.54, 1.807) is 17.5 Å². The minimum absolute atomic E-state index is 0.129. The predicted octanol–water partition coefficient (Wildman–Crippen LogP) is 2.88. The van der Waals surface area contributed by atoms with E-state index in [0.29, 0.717) is 15.5 Å². The summed E-state index contributed by atoms with van der Waals surface area (Å²) in [6, 6.07) is 1.98. The molecule has 0 saturated carbocycles. The van der Waals surface area contributed by atoms with Gasteiger partial charge < -0.3 is 0 Å². The maximum absolute atomic E-state index is 11.7. The zero-order valence-electron chi connectivity index (χ0n) is 7.48. The maximum atomic E-state index is 11.7. The first-order valence-corrected chi connectivity index (χ1v) is 6.63. The van der Waals surface area contributed by atoms with E-state index in [2.05, 4.69) is 37.0 Å². The van der Waals surface area contributed by atoms with Gasteiger partial charge in [-0.1, -0.05) is 0 Å². The highest BCUT2D eigenvalue weighted by Crippen LogP contribution is 2.16. The van der Waals surface area contributed by atoms with Crippen LogP contribution in [0.1, 0.15) is 5.56 Å². The summed E-state index contributed by atoms with van der Waals surface area (Å²) in [6.45, 7) is 0.508. The molecule has 3 nitrogen and oxygen atoms in total. The molecule has 2 rings (SSSR count). The number of halogens is 2. The lowest BCUT2D eigenvalue weighted by molar-refractivity contribution is 0.634. The molecule has 0 aliphatic carbocycles. The van der Waals surface area contributed by atoms with Gasteiger partial charge in [-0.2, -0.15) is 16.4 Å². The number of hydrogen-bond donors (Lipinski definition) is 0. The Morgan fingerprint density at radius 1 is 1.47 bits per heavy atom. The minimum Gasteiger partial charge on any atom is -0.266 e. The molecule has 2 heterocycles. The molecule has 0 unspecified atom stereocenters. The molecule has 0 fully saturated rings. The Balaban J connectivity index is 2.38. The molecule has 78 valence electrons. The second kappa shape index (κ2) is 4.59. The van der Waals surface area contributed by atoms with Crippen molar-refractivity contribution in [3.8, 4) is 0 Å². The topological polar surface area (TPSA) is 34.9 Å². The van der Waals surface area contributed by atoms with Crippen LogP contribution >= 0.6 is 43.2 Å². The molecule has 0 aromatic carbocycles. The van der Waals surface area contributed by atoms with Crippen molar-refractivity contribution in [2.75, 3.05) is 0 Å². The highest BCUT2D eigenvalue weighted by molar-refractivity contribution is 9.13. The normalized spacial score (nSPS) is 10.5. The van der Waals surface area contributed by atoms with Crippen molar-refractivity contribution in [1.29, 1.82) is 0 Å². The van der Waals surface area contributed by atoms with E-state index >= 15 is 0 Å². The fourth-order valence-corrected chi connectivity index (χ4v) is 2.34. The van der Waals surface area contributed by atoms with E-state index in [0.717, 1.165) is 5.56 Å². The SMILES string of the molecule is O=c1c(Br)c(Br)cnn1Cc1ccsc1. The van der Waals surface area contributed by atoms with Gasteiger partial charge in [0, 0.05) is 0 Å². The Kier molecular flexibility index (Phi) is 3.38. The van der Waals surface area contributed by atoms with Crippen LogP contribution < -0.4 is 5.56 Å². The largest absolute Gasteiger partial charge is 0.282 e. The highest BCUT2D eigenvalue weighted by atomic mass is 79.9. The van der Waals surface area contributed by atoms with Crippen LogP contribution in [0, 0.1) is 0 Å². The van der Waals surface area contributed by atoms with Gasteiger partial charge in [-0.15, -0.1) is 0 Å². The Bertz CT molecular complexity index is 521. The molecular weight excluding hydrogens is 344 g/mol. The fourth-order valence-electron chi connectivity index (χ4n) is 1.11. The quantitative estimate of drug-likeness (QED) is 0.835. The van der Waals surface area contributed by atoms with Gasteiger partial charge in [0.15, 0.2) is 0 Å². The number of rotatable bonds is 2. The summed E-state index contributed by atoms with van der Waals surface area (Å²) in [7, 11) is 0. The van der Waals surface area contributed by atoms with Crippen LogP contribution in [0.4, 0.5) is 0 Å². The molecule has 0 amide bonds. The first-order chi connectivity index (χ1) is 7.18. The third kappa shape index (κ3) is 2.38. The van der Waals surface area contributed by atoms with Crippen LogP contribution in [0.2, 0.25) is 0 Å². The number of nitrogens with zero attached hydrogens (tertiary/aromatic N) is 2. The Hall–Kier alpha value is -0.460. The van der Waals surface area contributed by atoms with Crippen molar-refractivity contribution in [3.63, 3.8) is 0 Å². The van der Waals surface area contributed by atoms with Gasteiger partial charge in [-0.3, -0.25) is 4.79 Å². The zero-order chi connectivity index (χ0) is 10.8. The van der Waals surface area contributed by atoms with E-state index in [1.165, 1.54) is 4.68 Å². The van der Waals surface area contributed by atoms with Gasteiger partial charge in [-0.25, -0.2) is 4.68 Å². The monoisotopic (exact) mass is 348 g/mol. The second-order valence-electron chi connectivity index (χ2n) is 2.90. The maximum Gasteiger partial charge on any atom is 0.282 e. The third-order valence-corrected chi connectivity index (χ3v) is 4.49. The lowest BCUT2D eigenvalue weighted by Crippen LogP contribution is -2.23. The Morgan fingerprint density at radius 2 is 2.27 bits per heavy atom. The molecule has 0 aliphatic rings. The van der Waals surface area contributed by atoms with Crippen LogP contribution in [0.15, 0.2) is 36.8 Å². The summed E-state index contributed by atoms with van der Waals surface area (Å²) >= 11 is 8.06. The van der Waals surface area contributed by atoms with Crippen LogP contribution in [0.25, 0.3) is 0 Å². The van der Waals surface area contributed by atoms with Crippen LogP contribution in [-0.2, 0) is 6.54 Å². The molecule has 2 aromatic heterocycles. The van der Waals surface area contributed by atoms with E-state index in [4.69, 9.17) is 0 Å². The highest BCUT2D eigenvalue weighted by Gasteiger charge is 2.06. The minimum atomic E-state index is -0.129. The van der Waals surface area contributed by atoms with Crippen LogP contribution in [0.5, 0.6) is 0 Å². The molecule has 2 aromatic rings. The van der Waals surface area contributed by atoms with Gasteiger partial charge in [-0.05, 0) is 54.2 Å². The standard InChI is InChI=1S/C9H6Br2N2OS/c10-7-3-12-13(9(14)8(7)11)4-6-1-2-15-5-6/h1-3,5H,4H2. The van der Waals surface area contributed by atoms with E-state index in [1.807, 2.05) is 16.8 Å². The first kappa shape index (κ1) is 11.0. The van der Waals surface area contributed by atoms with Gasteiger partial charge >= 0.3 is 0 Å². The number of thiophene rings is 1. The summed E-state index contributed by atoms with van der Waals surface area (Å²) < 4.78 is 2.61. The molecule has 0 saturated heterocycles. The molecule has 0 bridgehead atoms. The molecule has 15 heavy (non-hydrogen) atoms. The molecule has 0 N–H and O–H groups in total. The average Bonchev–Trinajstić information content (AvgIpc) is 2.72. The summed E-state index contributed by atoms with van der Waals surface area (Å²) in [5, 5.41) is 8.03. The van der Waals surface area contributed by atoms with Crippen molar-refractivity contribution >= 4 is 43.2 Å². The van der Waals surface area contributed by atoms with Crippen molar-refractivity contribution in [3.05, 3.63) is 47.9 Å². The predicted molar refractivity (Wildman–Crippen MR) is 67.3 cm³/mol. The van der Waals surface area contributed by atoms with Crippen LogP contribution in [0.3, 0.4) is 0 Å². The second-order valence-corrected chi connectivity index (χ2v) is 5.33. The van der Waals surface area contributed by atoms with Gasteiger partial charge in [0.1, 0.15) is 4.47 Å². The van der Waals surface area contributed by atoms with Crippen molar-refractivity contribution in [1.82, 2.24) is 9.78 Å². The van der Waals surface area contributed by atoms with Gasteiger partial charge in [0.05, 0.1) is 17.2 Å². The Labute approximate surface area is 107 Å².